The van der Waals surface area contributed by atoms with Crippen molar-refractivity contribution in [2.75, 3.05) is 0 Å². The highest BCUT2D eigenvalue weighted by Crippen LogP contribution is 2.04. The minimum absolute atomic E-state index is 0.741. The van der Waals surface area contributed by atoms with E-state index in [1.807, 2.05) is 6.08 Å². The molecular formula is C4H7S2. The molecule has 0 nitrogen and oxygen atoms in total. The summed E-state index contributed by atoms with van der Waals surface area (Å²) in [5, 5.41) is 0. The smallest absolute Gasteiger partial charge is 0.0299 e. The minimum atomic E-state index is 0.741. The Morgan fingerprint density at radius 3 is 2.17 bits per heavy atom. The van der Waals surface area contributed by atoms with Crippen molar-refractivity contribution in [1.29, 1.82) is 0 Å². The van der Waals surface area contributed by atoms with E-state index in [1.165, 1.54) is 0 Å². The Morgan fingerprint density at radius 1 is 1.67 bits per heavy atom. The Bertz CT molecular complexity index is 52.6. The first-order chi connectivity index (χ1) is 2.77. The van der Waals surface area contributed by atoms with Gasteiger partial charge in [-0.2, -0.15) is 0 Å². The molecule has 0 amide bonds. The molecule has 6 heavy (non-hydrogen) atoms. The Hall–Kier alpha value is 0.440. The van der Waals surface area contributed by atoms with E-state index >= 15 is 0 Å². The van der Waals surface area contributed by atoms with Crippen LogP contribution in [0.2, 0.25) is 0 Å². The molecule has 2 heteroatoms. The first-order valence-corrected chi connectivity index (χ1v) is 2.54. The van der Waals surface area contributed by atoms with E-state index in [9.17, 15) is 0 Å². The highest BCUT2D eigenvalue weighted by atomic mass is 32.2. The second kappa shape index (κ2) is 3.62. The molecule has 0 aliphatic rings. The van der Waals surface area contributed by atoms with Crippen molar-refractivity contribution >= 4 is 25.3 Å². The second-order valence-electron chi connectivity index (χ2n) is 0.851. The van der Waals surface area contributed by atoms with Gasteiger partial charge in [-0.3, -0.25) is 0 Å². The number of hydrogen-bond acceptors (Lipinski definition) is 2. The zero-order valence-electron chi connectivity index (χ0n) is 3.39. The number of hydrogen-bond donors (Lipinski definition) is 2. The van der Waals surface area contributed by atoms with Gasteiger partial charge in [-0.25, -0.2) is 0 Å². The molecule has 0 heterocycles. The van der Waals surface area contributed by atoms with Crippen molar-refractivity contribution < 1.29 is 0 Å². The van der Waals surface area contributed by atoms with Gasteiger partial charge >= 0.3 is 0 Å². The molecule has 0 saturated carbocycles. The van der Waals surface area contributed by atoms with Crippen LogP contribution in [-0.2, 0) is 0 Å². The van der Waals surface area contributed by atoms with Crippen LogP contribution in [0, 0.1) is 6.92 Å². The first kappa shape index (κ1) is 6.44. The van der Waals surface area contributed by atoms with Crippen LogP contribution in [0.5, 0.6) is 0 Å². The monoisotopic (exact) mass is 119 g/mol. The third kappa shape index (κ3) is 4.44. The summed E-state index contributed by atoms with van der Waals surface area (Å²) in [6.45, 7) is 3.55. The predicted molar refractivity (Wildman–Crippen MR) is 36.0 cm³/mol. The van der Waals surface area contributed by atoms with Crippen LogP contribution in [0.25, 0.3) is 0 Å². The van der Waals surface area contributed by atoms with Crippen LogP contribution in [0.15, 0.2) is 10.3 Å². The Kier molecular flexibility index (Phi) is 3.89. The molecule has 0 fully saturated rings. The molecular weight excluding hydrogens is 112 g/mol. The highest BCUT2D eigenvalue weighted by molar-refractivity contribution is 8.04. The molecule has 0 spiro atoms. The first-order valence-electron chi connectivity index (χ1n) is 1.64. The maximum absolute atomic E-state index is 3.86. The fourth-order valence-corrected chi connectivity index (χ4v) is 0.387. The lowest BCUT2D eigenvalue weighted by Crippen LogP contribution is -1.51. The van der Waals surface area contributed by atoms with Crippen LogP contribution >= 0.6 is 25.3 Å². The third-order valence-corrected chi connectivity index (χ3v) is 0.692. The molecule has 0 rings (SSSR count). The Balaban J connectivity index is 3.14. The van der Waals surface area contributed by atoms with E-state index in [-0.39, 0.29) is 0 Å². The van der Waals surface area contributed by atoms with E-state index in [0.29, 0.717) is 0 Å². The van der Waals surface area contributed by atoms with E-state index in [1.54, 1.807) is 0 Å². The lowest BCUT2D eigenvalue weighted by molar-refractivity contribution is 1.41. The van der Waals surface area contributed by atoms with Crippen LogP contribution < -0.4 is 0 Å². The van der Waals surface area contributed by atoms with Crippen LogP contribution in [0.3, 0.4) is 0 Å². The summed E-state index contributed by atoms with van der Waals surface area (Å²) >= 11 is 7.73. The number of allylic oxidation sites excluding steroid dienone is 1. The van der Waals surface area contributed by atoms with Crippen LogP contribution in [-0.4, -0.2) is 0 Å². The van der Waals surface area contributed by atoms with Gasteiger partial charge in [0.2, 0.25) is 0 Å². The lowest BCUT2D eigenvalue weighted by atomic mass is 10.5. The lowest BCUT2D eigenvalue weighted by Gasteiger charge is -1.78. The van der Waals surface area contributed by atoms with Crippen molar-refractivity contribution in [1.82, 2.24) is 0 Å². The molecule has 0 aromatic rings. The van der Waals surface area contributed by atoms with E-state index < -0.39 is 0 Å². The molecule has 0 saturated heterocycles. The van der Waals surface area contributed by atoms with Crippen LogP contribution in [0.1, 0.15) is 6.42 Å². The van der Waals surface area contributed by atoms with Crippen molar-refractivity contribution in [2.24, 2.45) is 0 Å². The molecule has 0 aromatic heterocycles. The molecule has 1 radical (unpaired) electrons. The summed E-state index contributed by atoms with van der Waals surface area (Å²) in [4.78, 5) is 0. The van der Waals surface area contributed by atoms with Crippen LogP contribution in [0.4, 0.5) is 0 Å². The average Bonchev–Trinajstić information content (AvgIpc) is 1.35. The molecule has 0 atom stereocenters. The quantitative estimate of drug-likeness (QED) is 0.484. The number of rotatable bonds is 1. The number of thiol groups is 2. The van der Waals surface area contributed by atoms with Gasteiger partial charge in [-0.15, -0.1) is 25.3 Å². The zero-order chi connectivity index (χ0) is 4.99. The minimum Gasteiger partial charge on any atom is -0.137 e. The molecule has 0 aliphatic carbocycles. The van der Waals surface area contributed by atoms with Gasteiger partial charge in [0.1, 0.15) is 0 Å². The Labute approximate surface area is 49.5 Å². The topological polar surface area (TPSA) is 0 Å². The van der Waals surface area contributed by atoms with Gasteiger partial charge in [-0.1, -0.05) is 6.08 Å². The molecule has 0 aromatic carbocycles. The Morgan fingerprint density at radius 2 is 2.17 bits per heavy atom. The molecule has 35 valence electrons. The molecule has 0 unspecified atom stereocenters. The largest absolute Gasteiger partial charge is 0.137 e. The third-order valence-electron chi connectivity index (χ3n) is 0.327. The molecule has 0 aliphatic heterocycles. The van der Waals surface area contributed by atoms with Crippen molar-refractivity contribution in [2.45, 2.75) is 6.42 Å². The SMILES string of the molecule is [CH2]CC=C(S)S. The van der Waals surface area contributed by atoms with E-state index in [0.717, 1.165) is 10.7 Å². The molecule has 0 N–H and O–H groups in total. The van der Waals surface area contributed by atoms with Gasteiger partial charge < -0.3 is 0 Å². The second-order valence-corrected chi connectivity index (χ2v) is 2.17. The van der Waals surface area contributed by atoms with Gasteiger partial charge in [0.15, 0.2) is 0 Å². The fraction of sp³-hybridized carbons (Fsp3) is 0.250. The van der Waals surface area contributed by atoms with Crippen molar-refractivity contribution in [3.63, 3.8) is 0 Å². The fourth-order valence-electron chi connectivity index (χ4n) is 0.129. The van der Waals surface area contributed by atoms with Gasteiger partial charge in [0.05, 0.1) is 0 Å². The maximum atomic E-state index is 3.86. The van der Waals surface area contributed by atoms with E-state index in [2.05, 4.69) is 32.2 Å². The summed E-state index contributed by atoms with van der Waals surface area (Å²) in [7, 11) is 0. The normalized spacial score (nSPS) is 7.83. The summed E-state index contributed by atoms with van der Waals surface area (Å²) in [5.41, 5.74) is 0. The van der Waals surface area contributed by atoms with Crippen molar-refractivity contribution in [3.05, 3.63) is 17.2 Å². The molecule has 0 bridgehead atoms. The summed E-state index contributed by atoms with van der Waals surface area (Å²) in [5.74, 6) is 0. The highest BCUT2D eigenvalue weighted by Gasteiger charge is 1.69. The summed E-state index contributed by atoms with van der Waals surface area (Å²) < 4.78 is 0.741. The predicted octanol–water partition coefficient (Wildman–Crippen LogP) is 1.91. The van der Waals surface area contributed by atoms with Crippen molar-refractivity contribution in [3.8, 4) is 0 Å². The maximum Gasteiger partial charge on any atom is 0.0299 e. The zero-order valence-corrected chi connectivity index (χ0v) is 5.17. The van der Waals surface area contributed by atoms with Gasteiger partial charge in [0.25, 0.3) is 0 Å². The average molecular weight is 119 g/mol. The summed E-state index contributed by atoms with van der Waals surface area (Å²) in [6, 6.07) is 0. The van der Waals surface area contributed by atoms with Gasteiger partial charge in [0, 0.05) is 4.24 Å². The van der Waals surface area contributed by atoms with Gasteiger partial charge in [-0.05, 0) is 13.3 Å². The standard InChI is InChI=1S/C4H7S2/c1-2-3-4(5)6/h3,5-6H,1-2H2. The van der Waals surface area contributed by atoms with E-state index in [4.69, 9.17) is 0 Å². The summed E-state index contributed by atoms with van der Waals surface area (Å²) in [6.07, 6.45) is 2.59.